The molecule has 0 fully saturated rings. The Kier molecular flexibility index (Phi) is 2.83. The number of anilines is 1. The standard InChI is InChI=1S/C10H13N3OS/c1-7(14)5-13(2)10-9-8(3-4-15-9)11-6-12-10/h3-4,6-7,14H,5H2,1-2H3. The Bertz CT molecular complexity index is 455. The molecule has 1 unspecified atom stereocenters. The first kappa shape index (κ1) is 10.3. The summed E-state index contributed by atoms with van der Waals surface area (Å²) in [5.41, 5.74) is 0.961. The minimum atomic E-state index is -0.361. The van der Waals surface area contributed by atoms with Gasteiger partial charge in [0.1, 0.15) is 12.1 Å². The highest BCUT2D eigenvalue weighted by Crippen LogP contribution is 2.26. The lowest BCUT2D eigenvalue weighted by Crippen LogP contribution is -2.27. The summed E-state index contributed by atoms with van der Waals surface area (Å²) in [5.74, 6) is 0.885. The third kappa shape index (κ3) is 2.08. The summed E-state index contributed by atoms with van der Waals surface area (Å²) in [6, 6.07) is 1.97. The van der Waals surface area contributed by atoms with Crippen molar-refractivity contribution < 1.29 is 5.11 Å². The van der Waals surface area contributed by atoms with Crippen LogP contribution >= 0.6 is 11.3 Å². The summed E-state index contributed by atoms with van der Waals surface area (Å²) in [6.07, 6.45) is 1.20. The van der Waals surface area contributed by atoms with Gasteiger partial charge in [-0.1, -0.05) is 0 Å². The van der Waals surface area contributed by atoms with E-state index in [1.807, 2.05) is 23.4 Å². The monoisotopic (exact) mass is 223 g/mol. The molecule has 0 saturated heterocycles. The lowest BCUT2D eigenvalue weighted by atomic mass is 10.3. The van der Waals surface area contributed by atoms with Gasteiger partial charge in [0.05, 0.1) is 16.3 Å². The van der Waals surface area contributed by atoms with E-state index in [1.54, 1.807) is 24.6 Å². The molecule has 0 aliphatic carbocycles. The van der Waals surface area contributed by atoms with Crippen molar-refractivity contribution in [1.29, 1.82) is 0 Å². The van der Waals surface area contributed by atoms with Crippen LogP contribution in [-0.4, -0.2) is 34.8 Å². The Balaban J connectivity index is 2.38. The van der Waals surface area contributed by atoms with Crippen LogP contribution in [0.4, 0.5) is 5.82 Å². The predicted molar refractivity (Wildman–Crippen MR) is 62.4 cm³/mol. The molecule has 0 saturated carbocycles. The van der Waals surface area contributed by atoms with Crippen LogP contribution in [-0.2, 0) is 0 Å². The minimum absolute atomic E-state index is 0.361. The number of thiophene rings is 1. The number of fused-ring (bicyclic) bond motifs is 1. The van der Waals surface area contributed by atoms with Crippen molar-refractivity contribution >= 4 is 27.4 Å². The molecule has 5 heteroatoms. The fraction of sp³-hybridized carbons (Fsp3) is 0.400. The lowest BCUT2D eigenvalue weighted by Gasteiger charge is -2.19. The van der Waals surface area contributed by atoms with Gasteiger partial charge in [-0.15, -0.1) is 11.3 Å². The van der Waals surface area contributed by atoms with Crippen LogP contribution in [0.5, 0.6) is 0 Å². The normalized spacial score (nSPS) is 13.0. The summed E-state index contributed by atoms with van der Waals surface area (Å²) in [7, 11) is 1.92. The van der Waals surface area contributed by atoms with Gasteiger partial charge in [-0.3, -0.25) is 0 Å². The average Bonchev–Trinajstić information content (AvgIpc) is 2.63. The zero-order chi connectivity index (χ0) is 10.8. The Hall–Kier alpha value is -1.20. The first-order valence-electron chi connectivity index (χ1n) is 4.76. The number of hydrogen-bond acceptors (Lipinski definition) is 5. The van der Waals surface area contributed by atoms with Gasteiger partial charge >= 0.3 is 0 Å². The molecule has 0 spiro atoms. The summed E-state index contributed by atoms with van der Waals surface area (Å²) in [6.45, 7) is 2.34. The fourth-order valence-corrected chi connectivity index (χ4v) is 2.42. The fourth-order valence-electron chi connectivity index (χ4n) is 1.53. The molecule has 80 valence electrons. The summed E-state index contributed by atoms with van der Waals surface area (Å²) in [4.78, 5) is 10.4. The molecule has 2 aromatic heterocycles. The van der Waals surface area contributed by atoms with E-state index in [-0.39, 0.29) is 6.10 Å². The Morgan fingerprint density at radius 1 is 1.53 bits per heavy atom. The second-order valence-electron chi connectivity index (χ2n) is 3.56. The van der Waals surface area contributed by atoms with Gasteiger partial charge in [0.2, 0.25) is 0 Å². The minimum Gasteiger partial charge on any atom is -0.392 e. The predicted octanol–water partition coefficient (Wildman–Crippen LogP) is 1.51. The van der Waals surface area contributed by atoms with E-state index >= 15 is 0 Å². The van der Waals surface area contributed by atoms with Crippen molar-refractivity contribution in [3.05, 3.63) is 17.8 Å². The maximum atomic E-state index is 9.33. The van der Waals surface area contributed by atoms with E-state index in [0.717, 1.165) is 16.0 Å². The molecule has 1 N–H and O–H groups in total. The van der Waals surface area contributed by atoms with Gasteiger partial charge in [0.25, 0.3) is 0 Å². The highest BCUT2D eigenvalue weighted by atomic mass is 32.1. The highest BCUT2D eigenvalue weighted by molar-refractivity contribution is 7.17. The zero-order valence-corrected chi connectivity index (χ0v) is 9.53. The van der Waals surface area contributed by atoms with E-state index in [4.69, 9.17) is 0 Å². The third-order valence-electron chi connectivity index (χ3n) is 2.12. The van der Waals surface area contributed by atoms with E-state index in [9.17, 15) is 5.11 Å². The van der Waals surface area contributed by atoms with Crippen LogP contribution in [0.15, 0.2) is 17.8 Å². The van der Waals surface area contributed by atoms with E-state index < -0.39 is 0 Å². The van der Waals surface area contributed by atoms with E-state index in [0.29, 0.717) is 6.54 Å². The van der Waals surface area contributed by atoms with Crippen LogP contribution in [0.3, 0.4) is 0 Å². The molecule has 0 amide bonds. The van der Waals surface area contributed by atoms with Gasteiger partial charge in [-0.25, -0.2) is 9.97 Å². The topological polar surface area (TPSA) is 49.2 Å². The molecule has 0 bridgehead atoms. The van der Waals surface area contributed by atoms with Crippen molar-refractivity contribution in [2.24, 2.45) is 0 Å². The maximum absolute atomic E-state index is 9.33. The average molecular weight is 223 g/mol. The molecular weight excluding hydrogens is 210 g/mol. The largest absolute Gasteiger partial charge is 0.392 e. The second-order valence-corrected chi connectivity index (χ2v) is 4.48. The van der Waals surface area contributed by atoms with Crippen LogP contribution in [0.25, 0.3) is 10.2 Å². The number of nitrogens with zero attached hydrogens (tertiary/aromatic N) is 3. The van der Waals surface area contributed by atoms with Gasteiger partial charge in [0, 0.05) is 13.6 Å². The molecule has 2 heterocycles. The van der Waals surface area contributed by atoms with E-state index in [1.165, 1.54) is 0 Å². The number of rotatable bonds is 3. The van der Waals surface area contributed by atoms with Crippen molar-refractivity contribution in [3.63, 3.8) is 0 Å². The van der Waals surface area contributed by atoms with Gasteiger partial charge in [-0.05, 0) is 18.4 Å². The summed E-state index contributed by atoms with van der Waals surface area (Å²) in [5, 5.41) is 11.3. The smallest absolute Gasteiger partial charge is 0.149 e. The third-order valence-corrected chi connectivity index (χ3v) is 3.02. The molecule has 0 aromatic carbocycles. The molecule has 1 atom stereocenters. The first-order valence-corrected chi connectivity index (χ1v) is 5.64. The van der Waals surface area contributed by atoms with Crippen LogP contribution in [0.2, 0.25) is 0 Å². The number of aliphatic hydroxyl groups is 1. The quantitative estimate of drug-likeness (QED) is 0.857. The highest BCUT2D eigenvalue weighted by Gasteiger charge is 2.10. The van der Waals surface area contributed by atoms with Crippen LogP contribution in [0, 0.1) is 0 Å². The SMILES string of the molecule is CC(O)CN(C)c1ncnc2ccsc12. The van der Waals surface area contributed by atoms with E-state index in [2.05, 4.69) is 9.97 Å². The molecule has 0 radical (unpaired) electrons. The van der Waals surface area contributed by atoms with Crippen molar-refractivity contribution in [3.8, 4) is 0 Å². The molecule has 0 aliphatic rings. The van der Waals surface area contributed by atoms with Crippen molar-refractivity contribution in [2.45, 2.75) is 13.0 Å². The van der Waals surface area contributed by atoms with Crippen LogP contribution < -0.4 is 4.90 Å². The van der Waals surface area contributed by atoms with Crippen molar-refractivity contribution in [2.75, 3.05) is 18.5 Å². The number of aliphatic hydroxyl groups excluding tert-OH is 1. The Morgan fingerprint density at radius 2 is 2.33 bits per heavy atom. The summed E-state index contributed by atoms with van der Waals surface area (Å²) >= 11 is 1.62. The van der Waals surface area contributed by atoms with Gasteiger partial charge in [0.15, 0.2) is 0 Å². The molecular formula is C10H13N3OS. The Labute approximate surface area is 92.2 Å². The number of hydrogen-bond donors (Lipinski definition) is 1. The lowest BCUT2D eigenvalue weighted by molar-refractivity contribution is 0.201. The molecule has 2 aromatic rings. The zero-order valence-electron chi connectivity index (χ0n) is 8.71. The molecule has 0 aliphatic heterocycles. The van der Waals surface area contributed by atoms with Crippen molar-refractivity contribution in [1.82, 2.24) is 9.97 Å². The number of aromatic nitrogens is 2. The van der Waals surface area contributed by atoms with Gasteiger partial charge in [-0.2, -0.15) is 0 Å². The first-order chi connectivity index (χ1) is 7.18. The number of likely N-dealkylation sites (N-methyl/N-ethyl adjacent to an activating group) is 1. The molecule has 2 rings (SSSR count). The maximum Gasteiger partial charge on any atom is 0.149 e. The Morgan fingerprint density at radius 3 is 3.07 bits per heavy atom. The second kappa shape index (κ2) is 4.12. The molecule has 4 nitrogen and oxygen atoms in total. The van der Waals surface area contributed by atoms with Gasteiger partial charge < -0.3 is 10.0 Å². The molecule has 15 heavy (non-hydrogen) atoms. The summed E-state index contributed by atoms with van der Waals surface area (Å²) < 4.78 is 1.07. The van der Waals surface area contributed by atoms with Crippen LogP contribution in [0.1, 0.15) is 6.92 Å².